The van der Waals surface area contributed by atoms with Crippen LogP contribution in [0, 0.1) is 0 Å². The molecule has 126 valence electrons. The first-order chi connectivity index (χ1) is 11.8. The van der Waals surface area contributed by atoms with Crippen LogP contribution in [0.15, 0.2) is 60.7 Å². The summed E-state index contributed by atoms with van der Waals surface area (Å²) in [4.78, 5) is 16.1. The Morgan fingerprint density at radius 1 is 0.917 bits per heavy atom. The number of amides is 1. The summed E-state index contributed by atoms with van der Waals surface area (Å²) in [6.45, 7) is 3.94. The molecule has 5 heteroatoms. The minimum Gasteiger partial charge on any atom is -0.293 e. The molecule has 24 heavy (non-hydrogen) atoms. The largest absolute Gasteiger partial charge is 0.293 e. The van der Waals surface area contributed by atoms with Crippen molar-refractivity contribution >= 4 is 5.91 Å². The van der Waals surface area contributed by atoms with Crippen molar-refractivity contribution in [2.45, 2.75) is 6.04 Å². The summed E-state index contributed by atoms with van der Waals surface area (Å²) in [7, 11) is 0. The summed E-state index contributed by atoms with van der Waals surface area (Å²) in [6.07, 6.45) is 0. The first-order valence-corrected chi connectivity index (χ1v) is 8.33. The third-order valence-electron chi connectivity index (χ3n) is 4.53. The molecular formula is C19H24N4O. The summed E-state index contributed by atoms with van der Waals surface area (Å²) >= 11 is 0. The molecule has 0 atom stereocenters. The van der Waals surface area contributed by atoms with Crippen molar-refractivity contribution in [2.75, 3.05) is 32.7 Å². The molecule has 2 aromatic carbocycles. The van der Waals surface area contributed by atoms with Gasteiger partial charge in [0.1, 0.15) is 0 Å². The number of carbonyl (C=O) groups is 1. The lowest BCUT2D eigenvalue weighted by atomic mass is 9.96. The third kappa shape index (κ3) is 4.00. The Bertz CT molecular complexity index is 599. The number of piperazine rings is 1. The van der Waals surface area contributed by atoms with Gasteiger partial charge < -0.3 is 0 Å². The zero-order valence-corrected chi connectivity index (χ0v) is 13.8. The number of nitrogens with zero attached hydrogens (tertiary/aromatic N) is 2. The highest BCUT2D eigenvalue weighted by Crippen LogP contribution is 2.29. The van der Waals surface area contributed by atoms with Gasteiger partial charge in [0.25, 0.3) is 0 Å². The van der Waals surface area contributed by atoms with E-state index in [1.165, 1.54) is 11.1 Å². The van der Waals surface area contributed by atoms with Gasteiger partial charge in [-0.15, -0.1) is 0 Å². The van der Waals surface area contributed by atoms with Gasteiger partial charge in [-0.25, -0.2) is 5.84 Å². The highest BCUT2D eigenvalue weighted by atomic mass is 16.2. The highest BCUT2D eigenvalue weighted by molar-refractivity contribution is 5.77. The molecule has 0 aromatic heterocycles. The number of rotatable bonds is 5. The second-order valence-corrected chi connectivity index (χ2v) is 6.10. The van der Waals surface area contributed by atoms with Gasteiger partial charge in [0, 0.05) is 26.2 Å². The van der Waals surface area contributed by atoms with Crippen LogP contribution >= 0.6 is 0 Å². The molecule has 0 saturated carbocycles. The molecule has 1 fully saturated rings. The number of hydrazine groups is 1. The van der Waals surface area contributed by atoms with Crippen LogP contribution in [0.4, 0.5) is 0 Å². The second kappa shape index (κ2) is 8.06. The second-order valence-electron chi connectivity index (χ2n) is 6.10. The summed E-state index contributed by atoms with van der Waals surface area (Å²) in [5.74, 6) is 5.05. The van der Waals surface area contributed by atoms with Gasteiger partial charge in [-0.3, -0.25) is 20.0 Å². The normalized spacial score (nSPS) is 16.2. The Hall–Kier alpha value is -2.21. The quantitative estimate of drug-likeness (QED) is 0.496. The summed E-state index contributed by atoms with van der Waals surface area (Å²) in [6, 6.07) is 21.5. The van der Waals surface area contributed by atoms with Crippen molar-refractivity contribution in [1.29, 1.82) is 0 Å². The predicted octanol–water partition coefficient (Wildman–Crippen LogP) is 1.38. The van der Waals surface area contributed by atoms with Crippen LogP contribution in [0.2, 0.25) is 0 Å². The van der Waals surface area contributed by atoms with Crippen molar-refractivity contribution in [3.8, 4) is 0 Å². The monoisotopic (exact) mass is 324 g/mol. The topological polar surface area (TPSA) is 61.6 Å². The fraction of sp³-hybridized carbons (Fsp3) is 0.316. The van der Waals surface area contributed by atoms with Crippen LogP contribution in [-0.4, -0.2) is 48.4 Å². The van der Waals surface area contributed by atoms with E-state index in [1.807, 2.05) is 0 Å². The molecule has 0 radical (unpaired) electrons. The number of hydrogen-bond donors (Lipinski definition) is 2. The van der Waals surface area contributed by atoms with Crippen molar-refractivity contribution in [3.05, 3.63) is 71.8 Å². The van der Waals surface area contributed by atoms with Crippen LogP contribution in [0.25, 0.3) is 0 Å². The fourth-order valence-electron chi connectivity index (χ4n) is 3.31. The number of nitrogens with one attached hydrogen (secondary N) is 1. The molecule has 3 N–H and O–H groups in total. The molecule has 0 unspecified atom stereocenters. The van der Waals surface area contributed by atoms with E-state index >= 15 is 0 Å². The van der Waals surface area contributed by atoms with Crippen LogP contribution in [0.5, 0.6) is 0 Å². The molecular weight excluding hydrogens is 300 g/mol. The lowest BCUT2D eigenvalue weighted by Crippen LogP contribution is -2.51. The van der Waals surface area contributed by atoms with Gasteiger partial charge in [0.2, 0.25) is 5.91 Å². The maximum atomic E-state index is 11.4. The molecule has 2 aromatic rings. The molecule has 5 nitrogen and oxygen atoms in total. The van der Waals surface area contributed by atoms with Crippen molar-refractivity contribution in [1.82, 2.24) is 15.2 Å². The first kappa shape index (κ1) is 16.6. The van der Waals surface area contributed by atoms with E-state index in [9.17, 15) is 4.79 Å². The zero-order chi connectivity index (χ0) is 16.8. The Kier molecular flexibility index (Phi) is 5.59. The molecule has 1 amide bonds. The van der Waals surface area contributed by atoms with Gasteiger partial charge in [-0.1, -0.05) is 60.7 Å². The minimum atomic E-state index is -0.133. The molecule has 1 aliphatic rings. The molecule has 0 bridgehead atoms. The van der Waals surface area contributed by atoms with E-state index in [-0.39, 0.29) is 11.9 Å². The molecule has 0 spiro atoms. The number of benzene rings is 2. The van der Waals surface area contributed by atoms with Gasteiger partial charge in [-0.2, -0.15) is 0 Å². The average Bonchev–Trinajstić information content (AvgIpc) is 2.65. The number of nitrogens with two attached hydrogens (primary N) is 1. The van der Waals surface area contributed by atoms with Crippen LogP contribution in [-0.2, 0) is 4.79 Å². The van der Waals surface area contributed by atoms with Gasteiger partial charge >= 0.3 is 0 Å². The SMILES string of the molecule is NNC(=O)CN1CCN(C(c2ccccc2)c2ccccc2)CC1. The summed E-state index contributed by atoms with van der Waals surface area (Å²) in [5.41, 5.74) is 4.81. The Morgan fingerprint density at radius 3 is 1.88 bits per heavy atom. The standard InChI is InChI=1S/C19H24N4O/c20-21-18(24)15-22-11-13-23(14-12-22)19(16-7-3-1-4-8-16)17-9-5-2-6-10-17/h1-10,19H,11-15,20H2,(H,21,24). The number of hydrogen-bond acceptors (Lipinski definition) is 4. The van der Waals surface area contributed by atoms with Crippen LogP contribution in [0.3, 0.4) is 0 Å². The molecule has 0 aliphatic carbocycles. The van der Waals surface area contributed by atoms with Gasteiger partial charge in [0.05, 0.1) is 12.6 Å². The van der Waals surface area contributed by atoms with E-state index in [2.05, 4.69) is 75.9 Å². The maximum absolute atomic E-state index is 11.4. The van der Waals surface area contributed by atoms with Crippen molar-refractivity contribution < 1.29 is 4.79 Å². The summed E-state index contributed by atoms with van der Waals surface area (Å²) < 4.78 is 0. The zero-order valence-electron chi connectivity index (χ0n) is 13.8. The molecule has 1 aliphatic heterocycles. The van der Waals surface area contributed by atoms with Crippen LogP contribution < -0.4 is 11.3 Å². The van der Waals surface area contributed by atoms with E-state index < -0.39 is 0 Å². The lowest BCUT2D eigenvalue weighted by Gasteiger charge is -2.39. The Morgan fingerprint density at radius 2 is 1.42 bits per heavy atom. The molecule has 3 rings (SSSR count). The Balaban J connectivity index is 1.75. The Labute approximate surface area is 143 Å². The first-order valence-electron chi connectivity index (χ1n) is 8.33. The van der Waals surface area contributed by atoms with E-state index in [0.29, 0.717) is 6.54 Å². The average molecular weight is 324 g/mol. The minimum absolute atomic E-state index is 0.133. The third-order valence-corrected chi connectivity index (χ3v) is 4.53. The van der Waals surface area contributed by atoms with Crippen LogP contribution in [0.1, 0.15) is 17.2 Å². The molecule has 1 heterocycles. The predicted molar refractivity (Wildman–Crippen MR) is 95.1 cm³/mol. The van der Waals surface area contributed by atoms with E-state index in [0.717, 1.165) is 26.2 Å². The van der Waals surface area contributed by atoms with Gasteiger partial charge in [0.15, 0.2) is 0 Å². The number of carbonyl (C=O) groups excluding carboxylic acids is 1. The lowest BCUT2D eigenvalue weighted by molar-refractivity contribution is -0.122. The maximum Gasteiger partial charge on any atom is 0.248 e. The fourth-order valence-corrected chi connectivity index (χ4v) is 3.31. The summed E-state index contributed by atoms with van der Waals surface area (Å²) in [5, 5.41) is 0. The molecule has 1 saturated heterocycles. The van der Waals surface area contributed by atoms with E-state index in [4.69, 9.17) is 5.84 Å². The van der Waals surface area contributed by atoms with E-state index in [1.54, 1.807) is 0 Å². The highest BCUT2D eigenvalue weighted by Gasteiger charge is 2.26. The smallest absolute Gasteiger partial charge is 0.248 e. The van der Waals surface area contributed by atoms with Crippen molar-refractivity contribution in [2.24, 2.45) is 5.84 Å². The van der Waals surface area contributed by atoms with Gasteiger partial charge in [-0.05, 0) is 11.1 Å². The van der Waals surface area contributed by atoms with Crippen molar-refractivity contribution in [3.63, 3.8) is 0 Å².